The van der Waals surface area contributed by atoms with Crippen molar-refractivity contribution >= 4 is 23.1 Å². The Morgan fingerprint density at radius 2 is 1.52 bits per heavy atom. The normalized spacial score (nSPS) is 10.4. The molecule has 0 aliphatic rings. The third-order valence-electron chi connectivity index (χ3n) is 3.93. The molecular formula is C20H22N4O. The van der Waals surface area contributed by atoms with Crippen LogP contribution >= 0.6 is 0 Å². The largest absolute Gasteiger partial charge is 0.497 e. The minimum atomic E-state index is 0.577. The van der Waals surface area contributed by atoms with Crippen LogP contribution in [0.25, 0.3) is 0 Å². The number of hydrogen-bond acceptors (Lipinski definition) is 5. The van der Waals surface area contributed by atoms with Gasteiger partial charge in [0, 0.05) is 23.1 Å². The first-order chi connectivity index (χ1) is 12.0. The Morgan fingerprint density at radius 3 is 2.16 bits per heavy atom. The second-order valence-electron chi connectivity index (χ2n) is 5.96. The van der Waals surface area contributed by atoms with Crippen molar-refractivity contribution in [3.63, 3.8) is 0 Å². The Hall–Kier alpha value is -3.08. The van der Waals surface area contributed by atoms with Crippen LogP contribution in [-0.2, 0) is 0 Å². The summed E-state index contributed by atoms with van der Waals surface area (Å²) in [5, 5.41) is 6.65. The van der Waals surface area contributed by atoms with Gasteiger partial charge in [-0.3, -0.25) is 0 Å². The van der Waals surface area contributed by atoms with Crippen molar-refractivity contribution in [3.8, 4) is 5.75 Å². The van der Waals surface area contributed by atoms with Crippen LogP contribution in [0.1, 0.15) is 16.8 Å². The van der Waals surface area contributed by atoms with Gasteiger partial charge in [-0.15, -0.1) is 0 Å². The maximum atomic E-state index is 5.18. The van der Waals surface area contributed by atoms with Crippen molar-refractivity contribution in [1.82, 2.24) is 9.97 Å². The maximum Gasteiger partial charge on any atom is 0.229 e. The lowest BCUT2D eigenvalue weighted by Gasteiger charge is -2.13. The summed E-state index contributed by atoms with van der Waals surface area (Å²) in [6, 6.07) is 15.8. The maximum absolute atomic E-state index is 5.18. The van der Waals surface area contributed by atoms with Crippen molar-refractivity contribution in [2.75, 3.05) is 17.7 Å². The van der Waals surface area contributed by atoms with Crippen LogP contribution in [0.15, 0.2) is 48.5 Å². The van der Waals surface area contributed by atoms with Gasteiger partial charge in [-0.05, 0) is 56.2 Å². The first-order valence-electron chi connectivity index (χ1n) is 8.15. The zero-order chi connectivity index (χ0) is 17.8. The average Bonchev–Trinajstić information content (AvgIpc) is 2.58. The molecule has 0 spiro atoms. The van der Waals surface area contributed by atoms with Crippen molar-refractivity contribution in [1.29, 1.82) is 0 Å². The zero-order valence-electron chi connectivity index (χ0n) is 14.9. The SMILES string of the molecule is COc1ccc(Nc2cc(C)nc(Nc3c(C)cccc3C)n2)cc1. The van der Waals surface area contributed by atoms with Gasteiger partial charge < -0.3 is 15.4 Å². The van der Waals surface area contributed by atoms with Gasteiger partial charge in [0.2, 0.25) is 5.95 Å². The van der Waals surface area contributed by atoms with Crippen LogP contribution in [0, 0.1) is 20.8 Å². The molecule has 3 aromatic rings. The standard InChI is InChI=1S/C20H22N4O/c1-13-6-5-7-14(2)19(13)24-20-21-15(3)12-18(23-20)22-16-8-10-17(25-4)11-9-16/h5-12H,1-4H3,(H2,21,22,23,24). The molecule has 0 bridgehead atoms. The van der Waals surface area contributed by atoms with Crippen LogP contribution in [0.2, 0.25) is 0 Å². The van der Waals surface area contributed by atoms with E-state index in [1.807, 2.05) is 43.3 Å². The summed E-state index contributed by atoms with van der Waals surface area (Å²) < 4.78 is 5.18. The molecule has 25 heavy (non-hydrogen) atoms. The van der Waals surface area contributed by atoms with Gasteiger partial charge in [0.1, 0.15) is 11.6 Å². The van der Waals surface area contributed by atoms with E-state index >= 15 is 0 Å². The first kappa shape index (κ1) is 16.8. The number of benzene rings is 2. The predicted molar refractivity (Wildman–Crippen MR) is 102 cm³/mol. The molecule has 2 N–H and O–H groups in total. The number of nitrogens with zero attached hydrogens (tertiary/aromatic N) is 2. The number of anilines is 4. The van der Waals surface area contributed by atoms with E-state index in [1.54, 1.807) is 7.11 Å². The summed E-state index contributed by atoms with van der Waals surface area (Å²) in [5.41, 5.74) is 5.20. The number of nitrogens with one attached hydrogen (secondary N) is 2. The zero-order valence-corrected chi connectivity index (χ0v) is 14.9. The summed E-state index contributed by atoms with van der Waals surface area (Å²) in [7, 11) is 1.65. The van der Waals surface area contributed by atoms with Crippen molar-refractivity contribution in [3.05, 3.63) is 65.4 Å². The second kappa shape index (κ2) is 7.21. The quantitative estimate of drug-likeness (QED) is 0.695. The number of hydrogen-bond donors (Lipinski definition) is 2. The summed E-state index contributed by atoms with van der Waals surface area (Å²) in [6.07, 6.45) is 0. The lowest BCUT2D eigenvalue weighted by atomic mass is 10.1. The van der Waals surface area contributed by atoms with Crippen LogP contribution in [0.5, 0.6) is 5.75 Å². The molecule has 0 radical (unpaired) electrons. The van der Waals surface area contributed by atoms with Crippen molar-refractivity contribution < 1.29 is 4.74 Å². The molecule has 0 unspecified atom stereocenters. The van der Waals surface area contributed by atoms with Crippen LogP contribution in [0.4, 0.5) is 23.1 Å². The highest BCUT2D eigenvalue weighted by Crippen LogP contribution is 2.24. The van der Waals surface area contributed by atoms with E-state index in [9.17, 15) is 0 Å². The Labute approximate surface area is 148 Å². The smallest absolute Gasteiger partial charge is 0.229 e. The van der Waals surface area contributed by atoms with Crippen LogP contribution in [-0.4, -0.2) is 17.1 Å². The number of ether oxygens (including phenoxy) is 1. The minimum absolute atomic E-state index is 0.577. The van der Waals surface area contributed by atoms with E-state index in [0.717, 1.165) is 39.8 Å². The van der Waals surface area contributed by atoms with E-state index < -0.39 is 0 Å². The molecule has 5 nitrogen and oxygen atoms in total. The third kappa shape index (κ3) is 4.07. The molecule has 0 aliphatic carbocycles. The fourth-order valence-corrected chi connectivity index (χ4v) is 2.63. The van der Waals surface area contributed by atoms with Crippen molar-refractivity contribution in [2.45, 2.75) is 20.8 Å². The first-order valence-corrected chi connectivity index (χ1v) is 8.15. The summed E-state index contributed by atoms with van der Waals surface area (Å²) in [6.45, 7) is 6.10. The number of aryl methyl sites for hydroxylation is 3. The molecule has 0 aliphatic heterocycles. The Bertz CT molecular complexity index is 855. The molecule has 0 atom stereocenters. The molecule has 2 aromatic carbocycles. The van der Waals surface area contributed by atoms with Gasteiger partial charge in [0.25, 0.3) is 0 Å². The molecule has 1 aromatic heterocycles. The third-order valence-corrected chi connectivity index (χ3v) is 3.93. The van der Waals surface area contributed by atoms with E-state index in [1.165, 1.54) is 0 Å². The number of para-hydroxylation sites is 1. The molecular weight excluding hydrogens is 312 g/mol. The topological polar surface area (TPSA) is 59.1 Å². The summed E-state index contributed by atoms with van der Waals surface area (Å²) in [4.78, 5) is 9.08. The van der Waals surface area contributed by atoms with E-state index in [0.29, 0.717) is 5.95 Å². The highest BCUT2D eigenvalue weighted by Gasteiger charge is 2.07. The predicted octanol–water partition coefficient (Wildman–Crippen LogP) is 4.90. The Kier molecular flexibility index (Phi) is 4.84. The average molecular weight is 334 g/mol. The van der Waals surface area contributed by atoms with Crippen molar-refractivity contribution in [2.24, 2.45) is 0 Å². The fraction of sp³-hybridized carbons (Fsp3) is 0.200. The molecule has 128 valence electrons. The van der Waals surface area contributed by atoms with Gasteiger partial charge in [-0.25, -0.2) is 4.98 Å². The molecule has 0 amide bonds. The molecule has 5 heteroatoms. The highest BCUT2D eigenvalue weighted by molar-refractivity contribution is 5.65. The second-order valence-corrected chi connectivity index (χ2v) is 5.96. The molecule has 3 rings (SSSR count). The van der Waals surface area contributed by atoms with Gasteiger partial charge in [-0.2, -0.15) is 4.98 Å². The molecule has 0 fully saturated rings. The van der Waals surface area contributed by atoms with Gasteiger partial charge >= 0.3 is 0 Å². The lowest BCUT2D eigenvalue weighted by molar-refractivity contribution is 0.415. The number of rotatable bonds is 5. The van der Waals surface area contributed by atoms with Gasteiger partial charge in [-0.1, -0.05) is 18.2 Å². The molecule has 0 saturated carbocycles. The molecule has 1 heterocycles. The van der Waals surface area contributed by atoms with Crippen LogP contribution in [0.3, 0.4) is 0 Å². The minimum Gasteiger partial charge on any atom is -0.497 e. The monoisotopic (exact) mass is 334 g/mol. The van der Waals surface area contributed by atoms with Gasteiger partial charge in [0.15, 0.2) is 0 Å². The Balaban J connectivity index is 1.85. The molecule has 0 saturated heterocycles. The van der Waals surface area contributed by atoms with E-state index in [2.05, 4.69) is 46.6 Å². The summed E-state index contributed by atoms with van der Waals surface area (Å²) in [5.74, 6) is 2.14. The lowest BCUT2D eigenvalue weighted by Crippen LogP contribution is -2.04. The number of methoxy groups -OCH3 is 1. The fourth-order valence-electron chi connectivity index (χ4n) is 2.63. The van der Waals surface area contributed by atoms with E-state index in [4.69, 9.17) is 4.74 Å². The summed E-state index contributed by atoms with van der Waals surface area (Å²) >= 11 is 0. The van der Waals surface area contributed by atoms with E-state index in [-0.39, 0.29) is 0 Å². The highest BCUT2D eigenvalue weighted by atomic mass is 16.5. The van der Waals surface area contributed by atoms with Crippen LogP contribution < -0.4 is 15.4 Å². The van der Waals surface area contributed by atoms with Gasteiger partial charge in [0.05, 0.1) is 7.11 Å². The Morgan fingerprint density at radius 1 is 0.840 bits per heavy atom. The number of aromatic nitrogens is 2.